The third-order valence-electron chi connectivity index (χ3n) is 2.40. The van der Waals surface area contributed by atoms with Gasteiger partial charge in [0.25, 0.3) is 0 Å². The molecular weight excluding hydrogens is 217 g/mol. The summed E-state index contributed by atoms with van der Waals surface area (Å²) in [5.41, 5.74) is 1.05. The lowest BCUT2D eigenvalue weighted by Gasteiger charge is -2.12. The minimum Gasteiger partial charge on any atom is -0.353 e. The van der Waals surface area contributed by atoms with Crippen LogP contribution >= 0.6 is 0 Å². The first kappa shape index (κ1) is 11.6. The van der Waals surface area contributed by atoms with Crippen molar-refractivity contribution in [3.05, 3.63) is 48.0 Å². The van der Waals surface area contributed by atoms with Crippen LogP contribution in [0.4, 0.5) is 10.3 Å². The van der Waals surface area contributed by atoms with Gasteiger partial charge in [0.05, 0.1) is 6.54 Å². The molecule has 1 heterocycles. The molecule has 0 spiro atoms. The SMILES string of the molecule is CC(C)Nc1nccn1Cc1ccc(F)cc1. The summed E-state index contributed by atoms with van der Waals surface area (Å²) in [4.78, 5) is 4.25. The highest BCUT2D eigenvalue weighted by molar-refractivity contribution is 5.29. The van der Waals surface area contributed by atoms with Crippen molar-refractivity contribution >= 4 is 5.95 Å². The van der Waals surface area contributed by atoms with Gasteiger partial charge in [-0.05, 0) is 31.5 Å². The van der Waals surface area contributed by atoms with Crippen molar-refractivity contribution in [3.63, 3.8) is 0 Å². The summed E-state index contributed by atoms with van der Waals surface area (Å²) in [6, 6.07) is 6.86. The molecule has 17 heavy (non-hydrogen) atoms. The number of anilines is 1. The fourth-order valence-electron chi connectivity index (χ4n) is 1.62. The first-order valence-electron chi connectivity index (χ1n) is 5.67. The van der Waals surface area contributed by atoms with Crippen LogP contribution in [-0.4, -0.2) is 15.6 Å². The molecule has 2 rings (SSSR count). The van der Waals surface area contributed by atoms with E-state index in [4.69, 9.17) is 0 Å². The van der Waals surface area contributed by atoms with Crippen molar-refractivity contribution in [1.29, 1.82) is 0 Å². The molecule has 1 aromatic carbocycles. The average molecular weight is 233 g/mol. The van der Waals surface area contributed by atoms with Gasteiger partial charge < -0.3 is 9.88 Å². The molecular formula is C13H16FN3. The standard InChI is InChI=1S/C13H16FN3/c1-10(2)16-13-15-7-8-17(13)9-11-3-5-12(14)6-4-11/h3-8,10H,9H2,1-2H3,(H,15,16). The van der Waals surface area contributed by atoms with Gasteiger partial charge in [-0.1, -0.05) is 12.1 Å². The molecule has 1 N–H and O–H groups in total. The zero-order chi connectivity index (χ0) is 12.3. The fourth-order valence-corrected chi connectivity index (χ4v) is 1.62. The van der Waals surface area contributed by atoms with Gasteiger partial charge in [0.15, 0.2) is 0 Å². The maximum atomic E-state index is 12.8. The summed E-state index contributed by atoms with van der Waals surface area (Å²) in [6.45, 7) is 4.82. The number of halogens is 1. The number of aromatic nitrogens is 2. The topological polar surface area (TPSA) is 29.9 Å². The third kappa shape index (κ3) is 3.06. The van der Waals surface area contributed by atoms with Gasteiger partial charge in [0.2, 0.25) is 5.95 Å². The van der Waals surface area contributed by atoms with Crippen LogP contribution in [0.25, 0.3) is 0 Å². The summed E-state index contributed by atoms with van der Waals surface area (Å²) >= 11 is 0. The molecule has 3 nitrogen and oxygen atoms in total. The van der Waals surface area contributed by atoms with E-state index in [1.54, 1.807) is 18.3 Å². The average Bonchev–Trinajstić information content (AvgIpc) is 2.68. The van der Waals surface area contributed by atoms with Crippen LogP contribution in [0.15, 0.2) is 36.7 Å². The summed E-state index contributed by atoms with van der Waals surface area (Å²) in [5, 5.41) is 3.26. The quantitative estimate of drug-likeness (QED) is 0.880. The monoisotopic (exact) mass is 233 g/mol. The van der Waals surface area contributed by atoms with Crippen LogP contribution in [0.5, 0.6) is 0 Å². The second kappa shape index (κ2) is 4.99. The minimum atomic E-state index is -0.208. The van der Waals surface area contributed by atoms with Gasteiger partial charge in [-0.25, -0.2) is 9.37 Å². The van der Waals surface area contributed by atoms with E-state index in [0.29, 0.717) is 12.6 Å². The summed E-state index contributed by atoms with van der Waals surface area (Å²) in [5.74, 6) is 0.629. The Morgan fingerprint density at radius 3 is 2.65 bits per heavy atom. The second-order valence-corrected chi connectivity index (χ2v) is 4.30. The lowest BCUT2D eigenvalue weighted by molar-refractivity contribution is 0.626. The molecule has 90 valence electrons. The second-order valence-electron chi connectivity index (χ2n) is 4.30. The number of benzene rings is 1. The molecule has 0 amide bonds. The Bertz CT molecular complexity index is 474. The molecule has 0 aliphatic carbocycles. The molecule has 0 aliphatic heterocycles. The highest BCUT2D eigenvalue weighted by Gasteiger charge is 2.04. The first-order chi connectivity index (χ1) is 8.15. The van der Waals surface area contributed by atoms with Crippen LogP contribution in [0.2, 0.25) is 0 Å². The maximum Gasteiger partial charge on any atom is 0.203 e. The molecule has 0 saturated heterocycles. The third-order valence-corrected chi connectivity index (χ3v) is 2.40. The Balaban J connectivity index is 2.13. The van der Waals surface area contributed by atoms with Crippen LogP contribution in [-0.2, 0) is 6.54 Å². The van der Waals surface area contributed by atoms with Gasteiger partial charge in [-0.3, -0.25) is 0 Å². The molecule has 0 fully saturated rings. The van der Waals surface area contributed by atoms with E-state index in [-0.39, 0.29) is 5.82 Å². The molecule has 0 bridgehead atoms. The highest BCUT2D eigenvalue weighted by atomic mass is 19.1. The Morgan fingerprint density at radius 1 is 1.29 bits per heavy atom. The lowest BCUT2D eigenvalue weighted by Crippen LogP contribution is -2.14. The van der Waals surface area contributed by atoms with Crippen LogP contribution in [0.3, 0.4) is 0 Å². The van der Waals surface area contributed by atoms with Gasteiger partial charge in [-0.15, -0.1) is 0 Å². The van der Waals surface area contributed by atoms with Crippen LogP contribution < -0.4 is 5.32 Å². The van der Waals surface area contributed by atoms with Crippen molar-refractivity contribution < 1.29 is 4.39 Å². The van der Waals surface area contributed by atoms with Gasteiger partial charge >= 0.3 is 0 Å². The van der Waals surface area contributed by atoms with E-state index in [2.05, 4.69) is 24.1 Å². The lowest BCUT2D eigenvalue weighted by atomic mass is 10.2. The van der Waals surface area contributed by atoms with Gasteiger partial charge in [0.1, 0.15) is 5.82 Å². The van der Waals surface area contributed by atoms with E-state index in [9.17, 15) is 4.39 Å². The van der Waals surface area contributed by atoms with Crippen molar-refractivity contribution in [2.45, 2.75) is 26.4 Å². The number of nitrogens with zero attached hydrogens (tertiary/aromatic N) is 2. The zero-order valence-electron chi connectivity index (χ0n) is 10.0. The Labute approximate surface area is 100 Å². The number of rotatable bonds is 4. The highest BCUT2D eigenvalue weighted by Crippen LogP contribution is 2.11. The van der Waals surface area contributed by atoms with E-state index < -0.39 is 0 Å². The molecule has 1 aromatic heterocycles. The molecule has 0 saturated carbocycles. The molecule has 0 radical (unpaired) electrons. The largest absolute Gasteiger partial charge is 0.353 e. The molecule has 0 aliphatic rings. The predicted molar refractivity (Wildman–Crippen MR) is 66.5 cm³/mol. The van der Waals surface area contributed by atoms with E-state index in [0.717, 1.165) is 11.5 Å². The van der Waals surface area contributed by atoms with E-state index in [1.807, 2.05) is 10.8 Å². The van der Waals surface area contributed by atoms with Crippen molar-refractivity contribution in [2.24, 2.45) is 0 Å². The zero-order valence-corrected chi connectivity index (χ0v) is 10.0. The number of imidazole rings is 1. The predicted octanol–water partition coefficient (Wildman–Crippen LogP) is 2.89. The van der Waals surface area contributed by atoms with E-state index >= 15 is 0 Å². The van der Waals surface area contributed by atoms with Crippen LogP contribution in [0.1, 0.15) is 19.4 Å². The number of hydrogen-bond acceptors (Lipinski definition) is 2. The van der Waals surface area contributed by atoms with Gasteiger partial charge in [-0.2, -0.15) is 0 Å². The van der Waals surface area contributed by atoms with E-state index in [1.165, 1.54) is 12.1 Å². The Kier molecular flexibility index (Phi) is 3.42. The molecule has 2 aromatic rings. The normalized spacial score (nSPS) is 10.8. The maximum absolute atomic E-state index is 12.8. The molecule has 4 heteroatoms. The summed E-state index contributed by atoms with van der Waals surface area (Å²) < 4.78 is 14.8. The van der Waals surface area contributed by atoms with Crippen LogP contribution in [0, 0.1) is 5.82 Å². The smallest absolute Gasteiger partial charge is 0.203 e. The number of hydrogen-bond donors (Lipinski definition) is 1. The first-order valence-corrected chi connectivity index (χ1v) is 5.67. The number of nitrogens with one attached hydrogen (secondary N) is 1. The van der Waals surface area contributed by atoms with Gasteiger partial charge in [0, 0.05) is 18.4 Å². The fraction of sp³-hybridized carbons (Fsp3) is 0.308. The summed E-state index contributed by atoms with van der Waals surface area (Å²) in [7, 11) is 0. The Hall–Kier alpha value is -1.84. The molecule has 0 atom stereocenters. The van der Waals surface area contributed by atoms with Crippen molar-refractivity contribution in [1.82, 2.24) is 9.55 Å². The summed E-state index contributed by atoms with van der Waals surface area (Å²) in [6.07, 6.45) is 3.67. The molecule has 0 unspecified atom stereocenters. The van der Waals surface area contributed by atoms with Crippen molar-refractivity contribution in [3.8, 4) is 0 Å². The van der Waals surface area contributed by atoms with Crippen molar-refractivity contribution in [2.75, 3.05) is 5.32 Å². The Morgan fingerprint density at radius 2 is 2.00 bits per heavy atom. The minimum absolute atomic E-state index is 0.208.